The summed E-state index contributed by atoms with van der Waals surface area (Å²) in [5.41, 5.74) is 1.67. The third-order valence-electron chi connectivity index (χ3n) is 5.31. The number of nitrogens with one attached hydrogen (secondary N) is 1. The Hall–Kier alpha value is -1.35. The molecule has 2 unspecified atom stereocenters. The van der Waals surface area contributed by atoms with Gasteiger partial charge in [-0.1, -0.05) is 30.3 Å². The van der Waals surface area contributed by atoms with Crippen LogP contribution in [0.3, 0.4) is 0 Å². The molecule has 1 N–H and O–H groups in total. The zero-order chi connectivity index (χ0) is 13.7. The second-order valence-corrected chi connectivity index (χ2v) is 6.80. The summed E-state index contributed by atoms with van der Waals surface area (Å²) in [5, 5.41) is 3.46. The van der Waals surface area contributed by atoms with E-state index in [2.05, 4.69) is 34.5 Å². The molecule has 2 aliphatic carbocycles. The molecule has 0 aromatic heterocycles. The molecule has 1 heterocycles. The van der Waals surface area contributed by atoms with E-state index in [9.17, 15) is 4.79 Å². The quantitative estimate of drug-likeness (QED) is 0.912. The summed E-state index contributed by atoms with van der Waals surface area (Å²) in [6.45, 7) is 2.93. The minimum atomic E-state index is -0.0600. The van der Waals surface area contributed by atoms with Gasteiger partial charge in [-0.05, 0) is 49.5 Å². The maximum atomic E-state index is 12.5. The SMILES string of the molecule is CC1NC(c2ccccc2)N(CC2(C3CC3)CC2)C1=O. The zero-order valence-electron chi connectivity index (χ0n) is 12.0. The maximum Gasteiger partial charge on any atom is 0.241 e. The lowest BCUT2D eigenvalue weighted by Crippen LogP contribution is -2.36. The number of benzene rings is 1. The van der Waals surface area contributed by atoms with E-state index in [0.717, 1.165) is 12.5 Å². The normalized spacial score (nSPS) is 31.6. The van der Waals surface area contributed by atoms with E-state index in [1.165, 1.54) is 31.2 Å². The molecular formula is C17H22N2O. The van der Waals surface area contributed by atoms with Gasteiger partial charge in [0.05, 0.1) is 6.04 Å². The van der Waals surface area contributed by atoms with Crippen molar-refractivity contribution in [1.82, 2.24) is 10.2 Å². The van der Waals surface area contributed by atoms with Crippen LogP contribution in [0.15, 0.2) is 30.3 Å². The molecule has 3 aliphatic rings. The summed E-state index contributed by atoms with van der Waals surface area (Å²) in [6.07, 6.45) is 5.45. The molecule has 1 aromatic carbocycles. The minimum Gasteiger partial charge on any atom is -0.321 e. The Balaban J connectivity index is 1.59. The molecule has 106 valence electrons. The highest BCUT2D eigenvalue weighted by atomic mass is 16.2. The van der Waals surface area contributed by atoms with Gasteiger partial charge >= 0.3 is 0 Å². The van der Waals surface area contributed by atoms with Gasteiger partial charge in [0.2, 0.25) is 5.91 Å². The van der Waals surface area contributed by atoms with Crippen molar-refractivity contribution in [2.24, 2.45) is 11.3 Å². The molecule has 3 nitrogen and oxygen atoms in total. The predicted molar refractivity (Wildman–Crippen MR) is 77.9 cm³/mol. The molecule has 0 bridgehead atoms. The van der Waals surface area contributed by atoms with Gasteiger partial charge in [-0.25, -0.2) is 0 Å². The topological polar surface area (TPSA) is 32.3 Å². The third kappa shape index (κ3) is 1.96. The van der Waals surface area contributed by atoms with Crippen LogP contribution in [0.2, 0.25) is 0 Å². The first-order valence-electron chi connectivity index (χ1n) is 7.81. The number of hydrogen-bond donors (Lipinski definition) is 1. The highest BCUT2D eigenvalue weighted by molar-refractivity contribution is 5.84. The van der Waals surface area contributed by atoms with Crippen molar-refractivity contribution in [3.05, 3.63) is 35.9 Å². The number of rotatable bonds is 4. The van der Waals surface area contributed by atoms with Gasteiger partial charge in [-0.15, -0.1) is 0 Å². The molecule has 1 aliphatic heterocycles. The Morgan fingerprint density at radius 1 is 1.25 bits per heavy atom. The Kier molecular flexibility index (Phi) is 2.68. The molecule has 1 aromatic rings. The number of carbonyl (C=O) groups excluding carboxylic acids is 1. The first-order valence-corrected chi connectivity index (χ1v) is 7.81. The summed E-state index contributed by atoms with van der Waals surface area (Å²) in [6, 6.07) is 10.3. The van der Waals surface area contributed by atoms with Gasteiger partial charge in [0.15, 0.2) is 0 Å². The van der Waals surface area contributed by atoms with Gasteiger partial charge in [-0.3, -0.25) is 10.1 Å². The van der Waals surface area contributed by atoms with Crippen LogP contribution in [0.25, 0.3) is 0 Å². The van der Waals surface area contributed by atoms with Crippen molar-refractivity contribution in [3.63, 3.8) is 0 Å². The van der Waals surface area contributed by atoms with E-state index in [1.807, 2.05) is 13.0 Å². The molecule has 3 heteroatoms. The van der Waals surface area contributed by atoms with Crippen LogP contribution in [-0.2, 0) is 4.79 Å². The van der Waals surface area contributed by atoms with Crippen LogP contribution >= 0.6 is 0 Å². The lowest BCUT2D eigenvalue weighted by atomic mass is 9.99. The summed E-state index contributed by atoms with van der Waals surface area (Å²) in [5.74, 6) is 1.16. The molecule has 0 spiro atoms. The van der Waals surface area contributed by atoms with Crippen LogP contribution in [-0.4, -0.2) is 23.4 Å². The Bertz CT molecular complexity index is 519. The molecule has 2 atom stereocenters. The van der Waals surface area contributed by atoms with E-state index < -0.39 is 0 Å². The summed E-state index contributed by atoms with van der Waals surface area (Å²) in [7, 11) is 0. The molecule has 4 rings (SSSR count). The lowest BCUT2D eigenvalue weighted by molar-refractivity contribution is -0.130. The average molecular weight is 270 g/mol. The van der Waals surface area contributed by atoms with Gasteiger partial charge in [0.1, 0.15) is 6.17 Å². The number of amides is 1. The summed E-state index contributed by atoms with van der Waals surface area (Å²) in [4.78, 5) is 14.6. The smallest absolute Gasteiger partial charge is 0.241 e. The van der Waals surface area contributed by atoms with Gasteiger partial charge < -0.3 is 4.90 Å². The van der Waals surface area contributed by atoms with Crippen molar-refractivity contribution in [2.45, 2.75) is 44.8 Å². The molecule has 20 heavy (non-hydrogen) atoms. The van der Waals surface area contributed by atoms with E-state index in [-0.39, 0.29) is 18.1 Å². The zero-order valence-corrected chi connectivity index (χ0v) is 12.0. The van der Waals surface area contributed by atoms with Crippen molar-refractivity contribution in [1.29, 1.82) is 0 Å². The number of nitrogens with zero attached hydrogens (tertiary/aromatic N) is 1. The van der Waals surface area contributed by atoms with E-state index in [1.54, 1.807) is 0 Å². The number of carbonyl (C=O) groups is 1. The van der Waals surface area contributed by atoms with E-state index in [4.69, 9.17) is 0 Å². The van der Waals surface area contributed by atoms with Crippen molar-refractivity contribution in [2.75, 3.05) is 6.54 Å². The molecule has 0 radical (unpaired) electrons. The van der Waals surface area contributed by atoms with Crippen molar-refractivity contribution >= 4 is 5.91 Å². The first-order chi connectivity index (χ1) is 9.70. The second kappa shape index (κ2) is 4.32. The van der Waals surface area contributed by atoms with Crippen molar-refractivity contribution < 1.29 is 4.79 Å². The van der Waals surface area contributed by atoms with Crippen LogP contribution < -0.4 is 5.32 Å². The molecular weight excluding hydrogens is 248 g/mol. The monoisotopic (exact) mass is 270 g/mol. The third-order valence-corrected chi connectivity index (χ3v) is 5.31. The van der Waals surface area contributed by atoms with Crippen LogP contribution in [0.1, 0.15) is 44.3 Å². The maximum absolute atomic E-state index is 12.5. The number of hydrogen-bond acceptors (Lipinski definition) is 2. The fourth-order valence-electron chi connectivity index (χ4n) is 3.75. The molecule has 3 fully saturated rings. The highest BCUT2D eigenvalue weighted by Crippen LogP contribution is 2.62. The average Bonchev–Trinajstić information content (AvgIpc) is 3.35. The predicted octanol–water partition coefficient (Wildman–Crippen LogP) is 2.70. The molecule has 1 saturated heterocycles. The van der Waals surface area contributed by atoms with Crippen LogP contribution in [0.4, 0.5) is 0 Å². The Morgan fingerprint density at radius 2 is 1.95 bits per heavy atom. The Labute approximate surface area is 120 Å². The Morgan fingerprint density at radius 3 is 2.55 bits per heavy atom. The standard InChI is InChI=1S/C17H22N2O/c1-12-16(20)19(11-17(9-10-17)14-7-8-14)15(18-12)13-5-3-2-4-6-13/h2-6,12,14-15,18H,7-11H2,1H3. The van der Waals surface area contributed by atoms with Gasteiger partial charge in [0.25, 0.3) is 0 Å². The van der Waals surface area contributed by atoms with Crippen LogP contribution in [0, 0.1) is 11.3 Å². The van der Waals surface area contributed by atoms with Gasteiger partial charge in [0, 0.05) is 6.54 Å². The molecule has 1 amide bonds. The van der Waals surface area contributed by atoms with Gasteiger partial charge in [-0.2, -0.15) is 0 Å². The lowest BCUT2D eigenvalue weighted by Gasteiger charge is -2.29. The first kappa shape index (κ1) is 12.4. The van der Waals surface area contributed by atoms with Crippen molar-refractivity contribution in [3.8, 4) is 0 Å². The van der Waals surface area contributed by atoms with Crippen LogP contribution in [0.5, 0.6) is 0 Å². The minimum absolute atomic E-state index is 0.0600. The second-order valence-electron chi connectivity index (χ2n) is 6.80. The van der Waals surface area contributed by atoms with E-state index >= 15 is 0 Å². The largest absolute Gasteiger partial charge is 0.321 e. The fourth-order valence-corrected chi connectivity index (χ4v) is 3.75. The van der Waals surface area contributed by atoms with E-state index in [0.29, 0.717) is 5.41 Å². The summed E-state index contributed by atoms with van der Waals surface area (Å²) < 4.78 is 0. The summed E-state index contributed by atoms with van der Waals surface area (Å²) >= 11 is 0. The fraction of sp³-hybridized carbons (Fsp3) is 0.588. The molecule has 2 saturated carbocycles. The highest BCUT2D eigenvalue weighted by Gasteiger charge is 2.56.